The van der Waals surface area contributed by atoms with Crippen LogP contribution in [0.4, 0.5) is 5.69 Å². The van der Waals surface area contributed by atoms with Crippen molar-refractivity contribution in [2.45, 2.75) is 6.92 Å². The Hall–Kier alpha value is -2.15. The van der Waals surface area contributed by atoms with Crippen molar-refractivity contribution in [2.75, 3.05) is 0 Å². The number of nitrogens with zero attached hydrogens (tertiary/aromatic N) is 1. The summed E-state index contributed by atoms with van der Waals surface area (Å²) in [4.78, 5) is 4.65. The van der Waals surface area contributed by atoms with E-state index in [1.165, 1.54) is 0 Å². The maximum absolute atomic E-state index is 4.65. The van der Waals surface area contributed by atoms with Gasteiger partial charge in [0.05, 0.1) is 11.4 Å². The van der Waals surface area contributed by atoms with Crippen molar-refractivity contribution in [1.29, 1.82) is 0 Å². The first-order chi connectivity index (χ1) is 8.40. The fourth-order valence-corrected chi connectivity index (χ4v) is 1.61. The largest absolute Gasteiger partial charge is 0.248 e. The van der Waals surface area contributed by atoms with Gasteiger partial charge >= 0.3 is 0 Å². The van der Waals surface area contributed by atoms with Crippen molar-refractivity contribution in [3.05, 3.63) is 78.4 Å². The Kier molecular flexibility index (Phi) is 3.87. The molecule has 0 bridgehead atoms. The van der Waals surface area contributed by atoms with Gasteiger partial charge in [-0.2, -0.15) is 0 Å². The molecule has 0 aliphatic rings. The molecule has 2 aromatic rings. The highest BCUT2D eigenvalue weighted by Gasteiger charge is 1.98. The van der Waals surface area contributed by atoms with Crippen LogP contribution < -0.4 is 0 Å². The third-order valence-electron chi connectivity index (χ3n) is 2.40. The van der Waals surface area contributed by atoms with Crippen LogP contribution in [0.5, 0.6) is 0 Å². The molecule has 2 aromatic carbocycles. The van der Waals surface area contributed by atoms with Crippen LogP contribution in [-0.2, 0) is 0 Å². The first-order valence-electron chi connectivity index (χ1n) is 5.72. The van der Waals surface area contributed by atoms with Gasteiger partial charge in [0.2, 0.25) is 0 Å². The topological polar surface area (TPSA) is 12.4 Å². The Labute approximate surface area is 102 Å². The smallest absolute Gasteiger partial charge is 0.0705 e. The predicted octanol–water partition coefficient (Wildman–Crippen LogP) is 4.38. The number of para-hydroxylation sites is 1. The number of hydrogen-bond acceptors (Lipinski definition) is 1. The van der Waals surface area contributed by atoms with E-state index in [0.29, 0.717) is 0 Å². The van der Waals surface area contributed by atoms with Crippen molar-refractivity contribution in [3.63, 3.8) is 0 Å². The van der Waals surface area contributed by atoms with Gasteiger partial charge in [-0.05, 0) is 25.1 Å². The molecule has 2 rings (SSSR count). The van der Waals surface area contributed by atoms with E-state index >= 15 is 0 Å². The number of rotatable bonds is 3. The second-order valence-electron chi connectivity index (χ2n) is 3.70. The van der Waals surface area contributed by atoms with Gasteiger partial charge in [0.25, 0.3) is 0 Å². The third-order valence-corrected chi connectivity index (χ3v) is 2.40. The zero-order valence-corrected chi connectivity index (χ0v) is 9.88. The molecule has 0 unspecified atom stereocenters. The Bertz CT molecular complexity index is 510. The lowest BCUT2D eigenvalue weighted by molar-refractivity contribution is 1.50. The summed E-state index contributed by atoms with van der Waals surface area (Å²) in [5.41, 5.74) is 3.10. The van der Waals surface area contributed by atoms with E-state index in [9.17, 15) is 0 Å². The fourth-order valence-electron chi connectivity index (χ4n) is 1.61. The van der Waals surface area contributed by atoms with Crippen LogP contribution in [0.1, 0.15) is 12.5 Å². The van der Waals surface area contributed by atoms with Crippen LogP contribution in [-0.4, -0.2) is 5.71 Å². The molecular weight excluding hydrogens is 206 g/mol. The lowest BCUT2D eigenvalue weighted by Gasteiger charge is -2.01. The quantitative estimate of drug-likeness (QED) is 0.682. The van der Waals surface area contributed by atoms with Crippen LogP contribution in [0.25, 0.3) is 0 Å². The lowest BCUT2D eigenvalue weighted by atomic mass is 10.1. The Morgan fingerprint density at radius 3 is 2.06 bits per heavy atom. The van der Waals surface area contributed by atoms with Crippen LogP contribution in [0, 0.1) is 0 Å². The van der Waals surface area contributed by atoms with Gasteiger partial charge < -0.3 is 0 Å². The Morgan fingerprint density at radius 2 is 1.47 bits per heavy atom. The van der Waals surface area contributed by atoms with Gasteiger partial charge in [0.1, 0.15) is 0 Å². The summed E-state index contributed by atoms with van der Waals surface area (Å²) < 4.78 is 0. The predicted molar refractivity (Wildman–Crippen MR) is 73.9 cm³/mol. The second-order valence-corrected chi connectivity index (χ2v) is 3.70. The summed E-state index contributed by atoms with van der Waals surface area (Å²) in [5, 5.41) is 0. The summed E-state index contributed by atoms with van der Waals surface area (Å²) in [5.74, 6) is 0. The molecule has 0 radical (unpaired) electrons. The van der Waals surface area contributed by atoms with Crippen molar-refractivity contribution < 1.29 is 0 Å². The van der Waals surface area contributed by atoms with Gasteiger partial charge in [-0.25, -0.2) is 4.99 Å². The molecule has 0 N–H and O–H groups in total. The van der Waals surface area contributed by atoms with E-state index in [-0.39, 0.29) is 0 Å². The minimum Gasteiger partial charge on any atom is -0.248 e. The van der Waals surface area contributed by atoms with E-state index in [1.807, 2.05) is 67.6 Å². The number of hydrogen-bond donors (Lipinski definition) is 0. The van der Waals surface area contributed by atoms with E-state index in [0.717, 1.165) is 17.0 Å². The van der Waals surface area contributed by atoms with Crippen LogP contribution >= 0.6 is 0 Å². The minimum absolute atomic E-state index is 0.976. The molecule has 1 heteroatoms. The molecule has 84 valence electrons. The standard InChI is InChI=1S/C16H15N/c1-2-9-16(14-10-5-3-6-11-14)17-15-12-7-4-8-13-15/h2-13H,1H3/b9-2-,17-16?. The third kappa shape index (κ3) is 3.15. The molecule has 0 amide bonds. The van der Waals surface area contributed by atoms with Gasteiger partial charge in [-0.3, -0.25) is 0 Å². The van der Waals surface area contributed by atoms with Gasteiger partial charge in [0, 0.05) is 5.56 Å². The molecule has 0 aliphatic carbocycles. The molecule has 0 aromatic heterocycles. The summed E-state index contributed by atoms with van der Waals surface area (Å²) >= 11 is 0. The molecular formula is C16H15N. The highest BCUT2D eigenvalue weighted by molar-refractivity contribution is 6.09. The van der Waals surface area contributed by atoms with Crippen molar-refractivity contribution in [1.82, 2.24) is 0 Å². The number of benzene rings is 2. The zero-order valence-electron chi connectivity index (χ0n) is 9.88. The van der Waals surface area contributed by atoms with Crippen molar-refractivity contribution in [2.24, 2.45) is 4.99 Å². The van der Waals surface area contributed by atoms with Crippen LogP contribution in [0.3, 0.4) is 0 Å². The second kappa shape index (κ2) is 5.80. The first kappa shape index (κ1) is 11.3. The monoisotopic (exact) mass is 221 g/mol. The molecule has 0 spiro atoms. The summed E-state index contributed by atoms with van der Waals surface area (Å²) in [7, 11) is 0. The molecule has 0 fully saturated rings. The normalized spacial score (nSPS) is 11.9. The van der Waals surface area contributed by atoms with Crippen LogP contribution in [0.15, 0.2) is 77.8 Å². The molecule has 0 aliphatic heterocycles. The summed E-state index contributed by atoms with van der Waals surface area (Å²) in [6.07, 6.45) is 4.04. The average molecular weight is 221 g/mol. The molecule has 0 saturated heterocycles. The number of aliphatic imine (C=N–C) groups is 1. The summed E-state index contributed by atoms with van der Waals surface area (Å²) in [6.45, 7) is 2.00. The van der Waals surface area contributed by atoms with Gasteiger partial charge in [0.15, 0.2) is 0 Å². The van der Waals surface area contributed by atoms with E-state index in [2.05, 4.69) is 17.1 Å². The van der Waals surface area contributed by atoms with Gasteiger partial charge in [-0.1, -0.05) is 54.6 Å². The SMILES string of the molecule is C/C=C\C(=Nc1ccccc1)c1ccccc1. The highest BCUT2D eigenvalue weighted by Crippen LogP contribution is 2.13. The maximum atomic E-state index is 4.65. The maximum Gasteiger partial charge on any atom is 0.0705 e. The van der Waals surface area contributed by atoms with Crippen molar-refractivity contribution >= 4 is 11.4 Å². The lowest BCUT2D eigenvalue weighted by Crippen LogP contribution is -1.95. The highest BCUT2D eigenvalue weighted by atomic mass is 14.7. The Balaban J connectivity index is 2.40. The molecule has 1 nitrogen and oxygen atoms in total. The molecule has 0 heterocycles. The Morgan fingerprint density at radius 1 is 0.882 bits per heavy atom. The van der Waals surface area contributed by atoms with Crippen LogP contribution in [0.2, 0.25) is 0 Å². The zero-order chi connectivity index (χ0) is 11.9. The average Bonchev–Trinajstić information content (AvgIpc) is 2.40. The fraction of sp³-hybridized carbons (Fsp3) is 0.0625. The van der Waals surface area contributed by atoms with Gasteiger partial charge in [-0.15, -0.1) is 0 Å². The van der Waals surface area contributed by atoms with Crippen molar-refractivity contribution in [3.8, 4) is 0 Å². The number of allylic oxidation sites excluding steroid dienone is 2. The molecule has 17 heavy (non-hydrogen) atoms. The first-order valence-corrected chi connectivity index (χ1v) is 5.72. The van der Waals surface area contributed by atoms with E-state index in [1.54, 1.807) is 0 Å². The summed E-state index contributed by atoms with van der Waals surface area (Å²) in [6, 6.07) is 20.2. The molecule has 0 atom stereocenters. The van der Waals surface area contributed by atoms with E-state index < -0.39 is 0 Å². The van der Waals surface area contributed by atoms with E-state index in [4.69, 9.17) is 0 Å². The molecule has 0 saturated carbocycles. The minimum atomic E-state index is 0.976.